The third-order valence-corrected chi connectivity index (χ3v) is 4.71. The van der Waals surface area contributed by atoms with Gasteiger partial charge in [0.25, 0.3) is 0 Å². The maximum absolute atomic E-state index is 12.3. The Labute approximate surface area is 104 Å². The van der Waals surface area contributed by atoms with Gasteiger partial charge in [-0.2, -0.15) is 0 Å². The Kier molecular flexibility index (Phi) is 3.11. The minimum Gasteiger partial charge on any atom is -0.294 e. The van der Waals surface area contributed by atoms with E-state index in [9.17, 15) is 4.79 Å². The highest BCUT2D eigenvalue weighted by molar-refractivity contribution is 5.96. The predicted molar refractivity (Wildman–Crippen MR) is 71.7 cm³/mol. The fourth-order valence-corrected chi connectivity index (χ4v) is 3.48. The zero-order chi connectivity index (χ0) is 12.5. The number of allylic oxidation sites excluding steroid dienone is 5. The summed E-state index contributed by atoms with van der Waals surface area (Å²) < 4.78 is 0. The Morgan fingerprint density at radius 3 is 2.94 bits per heavy atom. The molecular formula is C16H22O. The van der Waals surface area contributed by atoms with Gasteiger partial charge in [-0.3, -0.25) is 4.79 Å². The zero-order valence-corrected chi connectivity index (χ0v) is 10.9. The molecule has 2 aliphatic rings. The van der Waals surface area contributed by atoms with Crippen molar-refractivity contribution in [3.05, 3.63) is 37.0 Å². The van der Waals surface area contributed by atoms with E-state index in [0.717, 1.165) is 25.7 Å². The summed E-state index contributed by atoms with van der Waals surface area (Å²) in [6, 6.07) is 0. The molecule has 0 heterocycles. The van der Waals surface area contributed by atoms with E-state index in [-0.39, 0.29) is 10.8 Å². The number of carbonyl (C=O) groups excluding carboxylic acids is 1. The summed E-state index contributed by atoms with van der Waals surface area (Å²) in [5.74, 6) is 0.745. The average Bonchev–Trinajstić information content (AvgIpc) is 2.32. The van der Waals surface area contributed by atoms with Crippen molar-refractivity contribution in [1.82, 2.24) is 0 Å². The first-order valence-corrected chi connectivity index (χ1v) is 6.52. The van der Waals surface area contributed by atoms with Crippen molar-refractivity contribution in [2.45, 2.75) is 39.5 Å². The van der Waals surface area contributed by atoms with Crippen LogP contribution in [-0.4, -0.2) is 5.78 Å². The molecule has 0 radical (unpaired) electrons. The monoisotopic (exact) mass is 230 g/mol. The summed E-state index contributed by atoms with van der Waals surface area (Å²) in [6.07, 6.45) is 14.3. The van der Waals surface area contributed by atoms with Gasteiger partial charge in [-0.25, -0.2) is 0 Å². The summed E-state index contributed by atoms with van der Waals surface area (Å²) in [6.45, 7) is 8.21. The van der Waals surface area contributed by atoms with E-state index in [0.29, 0.717) is 11.7 Å². The van der Waals surface area contributed by atoms with Gasteiger partial charge in [-0.15, -0.1) is 6.58 Å². The minimum atomic E-state index is -0.206. The maximum Gasteiger partial charge on any atom is 0.161 e. The highest BCUT2D eigenvalue weighted by atomic mass is 16.1. The lowest BCUT2D eigenvalue weighted by Crippen LogP contribution is -2.47. The largest absolute Gasteiger partial charge is 0.294 e. The van der Waals surface area contributed by atoms with Crippen LogP contribution in [0.3, 0.4) is 0 Å². The van der Waals surface area contributed by atoms with Gasteiger partial charge in [-0.05, 0) is 43.1 Å². The Balaban J connectivity index is 2.36. The van der Waals surface area contributed by atoms with Crippen LogP contribution in [0.15, 0.2) is 37.0 Å². The van der Waals surface area contributed by atoms with Crippen LogP contribution in [-0.2, 0) is 4.79 Å². The topological polar surface area (TPSA) is 17.1 Å². The SMILES string of the molecule is C=CCC[C@]1(C)C(=O)C=C[C@@]2(C)CC=CC[C@H]21. The van der Waals surface area contributed by atoms with Crippen LogP contribution >= 0.6 is 0 Å². The van der Waals surface area contributed by atoms with Gasteiger partial charge < -0.3 is 0 Å². The maximum atomic E-state index is 12.3. The van der Waals surface area contributed by atoms with Crippen molar-refractivity contribution in [1.29, 1.82) is 0 Å². The lowest BCUT2D eigenvalue weighted by atomic mass is 9.53. The van der Waals surface area contributed by atoms with E-state index < -0.39 is 0 Å². The summed E-state index contributed by atoms with van der Waals surface area (Å²) >= 11 is 0. The summed E-state index contributed by atoms with van der Waals surface area (Å²) in [7, 11) is 0. The molecule has 0 spiro atoms. The Hall–Kier alpha value is -1.11. The molecule has 1 nitrogen and oxygen atoms in total. The summed E-state index contributed by atoms with van der Waals surface area (Å²) in [4.78, 5) is 12.3. The second-order valence-corrected chi connectivity index (χ2v) is 5.91. The standard InChI is InChI=1S/C16H22O/c1-4-5-11-16(3)13-8-6-7-10-15(13,2)12-9-14(16)17/h4,6-7,9,12-13H,1,5,8,10-11H2,2-3H3/t13-,15-,16+/m1/s1. The molecule has 0 N–H and O–H groups in total. The van der Waals surface area contributed by atoms with Crippen molar-refractivity contribution in [3.8, 4) is 0 Å². The molecule has 3 atom stereocenters. The average molecular weight is 230 g/mol. The van der Waals surface area contributed by atoms with Gasteiger partial charge in [0.15, 0.2) is 5.78 Å². The summed E-state index contributed by atoms with van der Waals surface area (Å²) in [5.41, 5.74) is -0.0406. The predicted octanol–water partition coefficient (Wildman–Crippen LogP) is 4.07. The number of hydrogen-bond donors (Lipinski definition) is 0. The molecule has 0 fully saturated rings. The molecule has 0 saturated heterocycles. The van der Waals surface area contributed by atoms with Crippen LogP contribution in [0.25, 0.3) is 0 Å². The quantitative estimate of drug-likeness (QED) is 0.668. The van der Waals surface area contributed by atoms with E-state index in [4.69, 9.17) is 0 Å². The fourth-order valence-electron chi connectivity index (χ4n) is 3.48. The van der Waals surface area contributed by atoms with E-state index in [1.807, 2.05) is 12.2 Å². The molecule has 0 aromatic heterocycles. The van der Waals surface area contributed by atoms with Crippen LogP contribution in [0, 0.1) is 16.7 Å². The molecule has 92 valence electrons. The normalized spacial score (nSPS) is 40.1. The molecule has 0 amide bonds. The van der Waals surface area contributed by atoms with Crippen molar-refractivity contribution in [3.63, 3.8) is 0 Å². The molecule has 17 heavy (non-hydrogen) atoms. The van der Waals surface area contributed by atoms with Gasteiger partial charge in [0.2, 0.25) is 0 Å². The smallest absolute Gasteiger partial charge is 0.161 e. The van der Waals surface area contributed by atoms with Gasteiger partial charge in [-0.1, -0.05) is 38.2 Å². The molecular weight excluding hydrogens is 208 g/mol. The first kappa shape index (κ1) is 12.3. The van der Waals surface area contributed by atoms with E-state index in [1.165, 1.54) is 0 Å². The van der Waals surface area contributed by atoms with Crippen LogP contribution in [0.1, 0.15) is 39.5 Å². The number of ketones is 1. The number of fused-ring (bicyclic) bond motifs is 1. The van der Waals surface area contributed by atoms with E-state index in [1.54, 1.807) is 0 Å². The van der Waals surface area contributed by atoms with E-state index in [2.05, 4.69) is 38.7 Å². The van der Waals surface area contributed by atoms with Crippen molar-refractivity contribution < 1.29 is 4.79 Å². The first-order valence-electron chi connectivity index (χ1n) is 6.52. The molecule has 0 aromatic rings. The molecule has 0 saturated carbocycles. The van der Waals surface area contributed by atoms with Crippen LogP contribution < -0.4 is 0 Å². The Morgan fingerprint density at radius 1 is 1.47 bits per heavy atom. The Morgan fingerprint density at radius 2 is 2.24 bits per heavy atom. The first-order chi connectivity index (χ1) is 8.03. The molecule has 0 bridgehead atoms. The lowest BCUT2D eigenvalue weighted by Gasteiger charge is -2.49. The molecule has 2 aliphatic carbocycles. The molecule has 0 aliphatic heterocycles. The van der Waals surface area contributed by atoms with E-state index >= 15 is 0 Å². The molecule has 0 aromatic carbocycles. The minimum absolute atomic E-state index is 0.165. The molecule has 1 heteroatoms. The van der Waals surface area contributed by atoms with Crippen molar-refractivity contribution in [2.75, 3.05) is 0 Å². The third kappa shape index (κ3) is 1.92. The number of carbonyl (C=O) groups is 1. The number of hydrogen-bond acceptors (Lipinski definition) is 1. The third-order valence-electron chi connectivity index (χ3n) is 4.71. The van der Waals surface area contributed by atoms with Gasteiger partial charge in [0, 0.05) is 5.41 Å². The van der Waals surface area contributed by atoms with Crippen LogP contribution in [0.5, 0.6) is 0 Å². The molecule has 0 unspecified atom stereocenters. The fraction of sp³-hybridized carbons (Fsp3) is 0.562. The van der Waals surface area contributed by atoms with Gasteiger partial charge in [0.1, 0.15) is 0 Å². The lowest BCUT2D eigenvalue weighted by molar-refractivity contribution is -0.130. The van der Waals surface area contributed by atoms with Crippen LogP contribution in [0.2, 0.25) is 0 Å². The van der Waals surface area contributed by atoms with Gasteiger partial charge in [0.05, 0.1) is 0 Å². The highest BCUT2D eigenvalue weighted by Crippen LogP contribution is 2.53. The zero-order valence-electron chi connectivity index (χ0n) is 10.9. The number of rotatable bonds is 3. The second kappa shape index (κ2) is 4.29. The van der Waals surface area contributed by atoms with Crippen LogP contribution in [0.4, 0.5) is 0 Å². The second-order valence-electron chi connectivity index (χ2n) is 5.91. The highest BCUT2D eigenvalue weighted by Gasteiger charge is 2.50. The van der Waals surface area contributed by atoms with Crippen molar-refractivity contribution >= 4 is 5.78 Å². The van der Waals surface area contributed by atoms with Gasteiger partial charge >= 0.3 is 0 Å². The van der Waals surface area contributed by atoms with Crippen molar-refractivity contribution in [2.24, 2.45) is 16.7 Å². The summed E-state index contributed by atoms with van der Waals surface area (Å²) in [5, 5.41) is 0. The molecule has 2 rings (SSSR count). The Bertz CT molecular complexity index is 390.